The van der Waals surface area contributed by atoms with Gasteiger partial charge in [0.15, 0.2) is 0 Å². The van der Waals surface area contributed by atoms with Crippen LogP contribution in [0.5, 0.6) is 0 Å². The first-order valence-electron chi connectivity index (χ1n) is 10.2. The molecule has 30 heavy (non-hydrogen) atoms. The summed E-state index contributed by atoms with van der Waals surface area (Å²) in [6.45, 7) is 3.11. The van der Waals surface area contributed by atoms with Crippen LogP contribution in [0.4, 0.5) is 0 Å². The first kappa shape index (κ1) is 21.2. The van der Waals surface area contributed by atoms with E-state index in [0.717, 1.165) is 42.4 Å². The van der Waals surface area contributed by atoms with Gasteiger partial charge in [0.2, 0.25) is 0 Å². The summed E-state index contributed by atoms with van der Waals surface area (Å²) in [5, 5.41) is 8.58. The van der Waals surface area contributed by atoms with Gasteiger partial charge in [-0.3, -0.25) is 4.79 Å². The Bertz CT molecular complexity index is 1010. The number of H-pyrrole nitrogens is 1. The third kappa shape index (κ3) is 5.16. The summed E-state index contributed by atoms with van der Waals surface area (Å²) in [6, 6.07) is 14.5. The molecule has 1 amide bonds. The van der Waals surface area contributed by atoms with E-state index >= 15 is 0 Å². The Morgan fingerprint density at radius 3 is 2.73 bits per heavy atom. The average Bonchev–Trinajstić information content (AvgIpc) is 3.17. The van der Waals surface area contributed by atoms with Gasteiger partial charge in [0.25, 0.3) is 5.91 Å². The molecule has 2 aromatic carbocycles. The molecule has 1 unspecified atom stereocenters. The Morgan fingerprint density at radius 1 is 1.13 bits per heavy atom. The number of nitrogens with one attached hydrogen (secondary N) is 3. The highest BCUT2D eigenvalue weighted by molar-refractivity contribution is 6.31. The number of amides is 1. The van der Waals surface area contributed by atoms with E-state index in [9.17, 15) is 4.79 Å². The van der Waals surface area contributed by atoms with Crippen LogP contribution < -0.4 is 10.6 Å². The predicted octanol–water partition coefficient (Wildman–Crippen LogP) is 4.96. The lowest BCUT2D eigenvalue weighted by molar-refractivity contribution is 0.0654. The number of halogens is 2. The van der Waals surface area contributed by atoms with Crippen molar-refractivity contribution < 1.29 is 9.53 Å². The van der Waals surface area contributed by atoms with E-state index in [0.29, 0.717) is 34.9 Å². The maximum Gasteiger partial charge on any atom is 0.268 e. The van der Waals surface area contributed by atoms with Crippen LogP contribution in [0.3, 0.4) is 0 Å². The van der Waals surface area contributed by atoms with Crippen molar-refractivity contribution in [3.05, 3.63) is 69.8 Å². The Morgan fingerprint density at radius 2 is 1.93 bits per heavy atom. The van der Waals surface area contributed by atoms with E-state index in [1.165, 1.54) is 0 Å². The van der Waals surface area contributed by atoms with Crippen LogP contribution in [-0.2, 0) is 4.74 Å². The quantitative estimate of drug-likeness (QED) is 0.481. The molecule has 1 fully saturated rings. The number of aromatic nitrogens is 1. The molecule has 1 saturated heterocycles. The number of hydrogen-bond acceptors (Lipinski definition) is 3. The lowest BCUT2D eigenvalue weighted by Gasteiger charge is -2.25. The van der Waals surface area contributed by atoms with E-state index in [4.69, 9.17) is 27.9 Å². The molecule has 7 heteroatoms. The number of carbonyl (C=O) groups is 1. The molecule has 3 N–H and O–H groups in total. The van der Waals surface area contributed by atoms with Crippen molar-refractivity contribution in [2.45, 2.75) is 18.9 Å². The number of aromatic amines is 1. The highest BCUT2D eigenvalue weighted by Crippen LogP contribution is 2.25. The molecule has 1 aromatic heterocycles. The molecule has 5 nitrogen and oxygen atoms in total. The van der Waals surface area contributed by atoms with Gasteiger partial charge >= 0.3 is 0 Å². The van der Waals surface area contributed by atoms with Crippen molar-refractivity contribution >= 4 is 40.0 Å². The van der Waals surface area contributed by atoms with Gasteiger partial charge in [0, 0.05) is 27.6 Å². The lowest BCUT2D eigenvalue weighted by Crippen LogP contribution is -2.34. The second-order valence-corrected chi connectivity index (χ2v) is 8.54. The monoisotopic (exact) mass is 445 g/mol. The molecular formula is C23H25Cl2N3O2. The number of ether oxygens (including phenoxy) is 1. The number of benzene rings is 2. The van der Waals surface area contributed by atoms with Crippen molar-refractivity contribution in [3.8, 4) is 0 Å². The Kier molecular flexibility index (Phi) is 6.95. The smallest absolute Gasteiger partial charge is 0.268 e. The summed E-state index contributed by atoms with van der Waals surface area (Å²) in [7, 11) is 0. The number of carbonyl (C=O) groups excluding carboxylic acids is 1. The minimum Gasteiger partial charge on any atom is -0.379 e. The normalized spacial score (nSPS) is 15.9. The molecule has 1 atom stereocenters. The molecule has 0 aliphatic carbocycles. The SMILES string of the molecule is O=C(NC(COCC1CCNCC1)c1ccccc1Cl)c1cc2cc(Cl)ccc2[nH]1. The second-order valence-electron chi connectivity index (χ2n) is 7.69. The van der Waals surface area contributed by atoms with Crippen molar-refractivity contribution in [3.63, 3.8) is 0 Å². The van der Waals surface area contributed by atoms with Crippen LogP contribution in [0, 0.1) is 5.92 Å². The molecule has 2 heterocycles. The van der Waals surface area contributed by atoms with Crippen LogP contribution in [0.1, 0.15) is 34.9 Å². The Labute approximate surface area is 186 Å². The summed E-state index contributed by atoms with van der Waals surface area (Å²) in [4.78, 5) is 16.1. The van der Waals surface area contributed by atoms with Crippen molar-refractivity contribution in [2.24, 2.45) is 5.92 Å². The van der Waals surface area contributed by atoms with Gasteiger partial charge in [-0.1, -0.05) is 41.4 Å². The molecule has 1 aliphatic heterocycles. The van der Waals surface area contributed by atoms with Gasteiger partial charge in [-0.15, -0.1) is 0 Å². The zero-order valence-corrected chi connectivity index (χ0v) is 18.1. The second kappa shape index (κ2) is 9.84. The van der Waals surface area contributed by atoms with Gasteiger partial charge in [0.05, 0.1) is 12.6 Å². The van der Waals surface area contributed by atoms with Crippen molar-refractivity contribution in [1.29, 1.82) is 0 Å². The molecule has 3 aromatic rings. The van der Waals surface area contributed by atoms with Crippen molar-refractivity contribution in [1.82, 2.24) is 15.6 Å². The summed E-state index contributed by atoms with van der Waals surface area (Å²) < 4.78 is 6.03. The number of hydrogen-bond donors (Lipinski definition) is 3. The minimum absolute atomic E-state index is 0.210. The first-order valence-corrected chi connectivity index (χ1v) is 11.0. The van der Waals surface area contributed by atoms with Crippen LogP contribution >= 0.6 is 23.2 Å². The maximum atomic E-state index is 13.0. The molecular weight excluding hydrogens is 421 g/mol. The third-order valence-electron chi connectivity index (χ3n) is 5.51. The number of piperidine rings is 1. The van der Waals surface area contributed by atoms with E-state index < -0.39 is 0 Å². The van der Waals surface area contributed by atoms with Crippen LogP contribution in [0.15, 0.2) is 48.5 Å². The molecule has 1 aliphatic rings. The predicted molar refractivity (Wildman–Crippen MR) is 121 cm³/mol. The summed E-state index contributed by atoms with van der Waals surface area (Å²) in [5.41, 5.74) is 2.18. The number of fused-ring (bicyclic) bond motifs is 1. The highest BCUT2D eigenvalue weighted by atomic mass is 35.5. The van der Waals surface area contributed by atoms with Gasteiger partial charge in [-0.25, -0.2) is 0 Å². The largest absolute Gasteiger partial charge is 0.379 e. The zero-order chi connectivity index (χ0) is 20.9. The first-order chi connectivity index (χ1) is 14.6. The number of rotatable bonds is 7. The van der Waals surface area contributed by atoms with Gasteiger partial charge in [-0.05, 0) is 67.7 Å². The maximum absolute atomic E-state index is 13.0. The molecule has 0 spiro atoms. The lowest BCUT2D eigenvalue weighted by atomic mass is 9.99. The molecule has 0 bridgehead atoms. The van der Waals surface area contributed by atoms with Gasteiger partial charge in [-0.2, -0.15) is 0 Å². The van der Waals surface area contributed by atoms with Crippen LogP contribution in [-0.4, -0.2) is 37.2 Å². The van der Waals surface area contributed by atoms with Gasteiger partial charge < -0.3 is 20.4 Å². The van der Waals surface area contributed by atoms with E-state index in [2.05, 4.69) is 15.6 Å². The van der Waals surface area contributed by atoms with Crippen molar-refractivity contribution in [2.75, 3.05) is 26.3 Å². The fourth-order valence-electron chi connectivity index (χ4n) is 3.83. The minimum atomic E-state index is -0.345. The standard InChI is InChI=1S/C23H25Cl2N3O2/c24-17-5-6-20-16(11-17)12-21(27-20)23(29)28-22(18-3-1-2-4-19(18)25)14-30-13-15-7-9-26-10-8-15/h1-6,11-12,15,22,26-27H,7-10,13-14H2,(H,28,29). The fourth-order valence-corrected chi connectivity index (χ4v) is 4.28. The summed E-state index contributed by atoms with van der Waals surface area (Å²) in [6.07, 6.45) is 2.22. The zero-order valence-electron chi connectivity index (χ0n) is 16.6. The fraction of sp³-hybridized carbons (Fsp3) is 0.348. The Hall–Kier alpha value is -2.05. The molecule has 0 radical (unpaired) electrons. The van der Waals surface area contributed by atoms with Crippen LogP contribution in [0.2, 0.25) is 10.0 Å². The van der Waals surface area contributed by atoms with Crippen LogP contribution in [0.25, 0.3) is 10.9 Å². The summed E-state index contributed by atoms with van der Waals surface area (Å²) in [5.74, 6) is 0.338. The molecule has 158 valence electrons. The average molecular weight is 446 g/mol. The Balaban J connectivity index is 1.48. The molecule has 4 rings (SSSR count). The topological polar surface area (TPSA) is 66.2 Å². The van der Waals surface area contributed by atoms with E-state index in [1.54, 1.807) is 12.1 Å². The van der Waals surface area contributed by atoms with Gasteiger partial charge in [0.1, 0.15) is 5.69 Å². The highest BCUT2D eigenvalue weighted by Gasteiger charge is 2.21. The molecule has 0 saturated carbocycles. The summed E-state index contributed by atoms with van der Waals surface area (Å²) >= 11 is 12.5. The van der Waals surface area contributed by atoms with E-state index in [1.807, 2.05) is 36.4 Å². The third-order valence-corrected chi connectivity index (χ3v) is 6.09. The van der Waals surface area contributed by atoms with E-state index in [-0.39, 0.29) is 11.9 Å².